The second-order valence-corrected chi connectivity index (χ2v) is 14.9. The molecule has 0 spiro atoms. The lowest BCUT2D eigenvalue weighted by Gasteiger charge is -2.27. The highest BCUT2D eigenvalue weighted by Crippen LogP contribution is 2.35. The summed E-state index contributed by atoms with van der Waals surface area (Å²) in [5.74, 6) is -1.32. The van der Waals surface area contributed by atoms with E-state index in [-0.39, 0.29) is 54.4 Å². The van der Waals surface area contributed by atoms with Crippen molar-refractivity contribution in [2.24, 2.45) is 10.8 Å². The highest BCUT2D eigenvalue weighted by atomic mass is 19.4. The number of likely N-dealkylation sites (N-methyl/N-ethyl adjacent to an activating group) is 1. The van der Waals surface area contributed by atoms with Gasteiger partial charge in [-0.2, -0.15) is 26.3 Å². The Labute approximate surface area is 300 Å². The van der Waals surface area contributed by atoms with Crippen molar-refractivity contribution in [1.29, 1.82) is 0 Å². The molecule has 16 heteroatoms. The van der Waals surface area contributed by atoms with Crippen LogP contribution in [0.25, 0.3) is 0 Å². The standard InChI is InChI=1S/C19H29F3N2O3.C17H22F3NO4/c1-7-27-17(26)15(11-18(2,3)4)24-12-13(8-9-23(5)6)14(10-16(24)25)19(20,21)22;1-5-25-15(24)13(9-16(2,3)4)21-10-11(6-7-22)12(8-14(21)23)17(18,19)20/h10,12,15H,7-9,11H2,1-6H3;7-8,10,13H,5-6,9H2,1-4H3. The summed E-state index contributed by atoms with van der Waals surface area (Å²) in [6, 6.07) is -1.04. The Hall–Kier alpha value is -3.95. The van der Waals surface area contributed by atoms with Crippen molar-refractivity contribution in [2.75, 3.05) is 33.9 Å². The Morgan fingerprint density at radius 3 is 1.40 bits per heavy atom. The average Bonchev–Trinajstić information content (AvgIpc) is 2.97. The van der Waals surface area contributed by atoms with Crippen LogP contribution in [0.3, 0.4) is 0 Å². The van der Waals surface area contributed by atoms with Crippen molar-refractivity contribution in [3.05, 3.63) is 67.5 Å². The van der Waals surface area contributed by atoms with Gasteiger partial charge in [0.05, 0.1) is 24.3 Å². The molecule has 52 heavy (non-hydrogen) atoms. The number of hydrogen-bond donors (Lipinski definition) is 0. The van der Waals surface area contributed by atoms with Gasteiger partial charge in [-0.1, -0.05) is 41.5 Å². The van der Waals surface area contributed by atoms with E-state index in [1.165, 1.54) is 6.20 Å². The Morgan fingerprint density at radius 2 is 1.10 bits per heavy atom. The van der Waals surface area contributed by atoms with E-state index < -0.39 is 65.0 Å². The van der Waals surface area contributed by atoms with Crippen molar-refractivity contribution in [1.82, 2.24) is 14.0 Å². The van der Waals surface area contributed by atoms with Gasteiger partial charge in [-0.05, 0) is 69.2 Å². The first-order valence-electron chi connectivity index (χ1n) is 16.7. The largest absolute Gasteiger partial charge is 0.464 e. The summed E-state index contributed by atoms with van der Waals surface area (Å²) in [6.07, 6.45) is -6.92. The average molecular weight is 752 g/mol. The van der Waals surface area contributed by atoms with Gasteiger partial charge in [-0.25, -0.2) is 9.59 Å². The van der Waals surface area contributed by atoms with Gasteiger partial charge in [-0.3, -0.25) is 9.59 Å². The van der Waals surface area contributed by atoms with Crippen LogP contribution in [0.4, 0.5) is 26.3 Å². The monoisotopic (exact) mass is 751 g/mol. The van der Waals surface area contributed by atoms with Crippen molar-refractivity contribution >= 4 is 18.2 Å². The van der Waals surface area contributed by atoms with Crippen LogP contribution in [0, 0.1) is 10.8 Å². The van der Waals surface area contributed by atoms with Gasteiger partial charge in [0.2, 0.25) is 0 Å². The van der Waals surface area contributed by atoms with Gasteiger partial charge in [0, 0.05) is 37.5 Å². The van der Waals surface area contributed by atoms with E-state index in [9.17, 15) is 50.3 Å². The topological polar surface area (TPSA) is 117 Å². The molecule has 0 saturated heterocycles. The predicted molar refractivity (Wildman–Crippen MR) is 183 cm³/mol. The highest BCUT2D eigenvalue weighted by Gasteiger charge is 2.37. The number of esters is 2. The number of rotatable bonds is 13. The van der Waals surface area contributed by atoms with Crippen LogP contribution in [0.15, 0.2) is 34.1 Å². The number of pyridine rings is 2. The Bertz CT molecular complexity index is 1630. The lowest BCUT2D eigenvalue weighted by molar-refractivity contribution is -0.149. The lowest BCUT2D eigenvalue weighted by atomic mass is 9.87. The van der Waals surface area contributed by atoms with Crippen molar-refractivity contribution in [3.8, 4) is 0 Å². The van der Waals surface area contributed by atoms with E-state index in [1.54, 1.807) is 32.8 Å². The van der Waals surface area contributed by atoms with Gasteiger partial charge >= 0.3 is 24.3 Å². The van der Waals surface area contributed by atoms with Crippen LogP contribution in [-0.2, 0) is 49.1 Å². The van der Waals surface area contributed by atoms with E-state index in [1.807, 2.05) is 41.5 Å². The molecule has 0 fully saturated rings. The van der Waals surface area contributed by atoms with Gasteiger partial charge < -0.3 is 28.3 Å². The predicted octanol–water partition coefficient (Wildman–Crippen LogP) is 6.66. The van der Waals surface area contributed by atoms with E-state index in [0.717, 1.165) is 15.3 Å². The van der Waals surface area contributed by atoms with Crippen LogP contribution in [0.5, 0.6) is 0 Å². The van der Waals surface area contributed by atoms with Crippen LogP contribution in [0.2, 0.25) is 0 Å². The summed E-state index contributed by atoms with van der Waals surface area (Å²) in [5, 5.41) is 0. The zero-order valence-electron chi connectivity index (χ0n) is 31.5. The minimum absolute atomic E-state index is 0.0148. The summed E-state index contributed by atoms with van der Waals surface area (Å²) in [6.45, 7) is 15.0. The molecule has 2 aromatic heterocycles. The zero-order chi connectivity index (χ0) is 40.4. The molecule has 2 rings (SSSR count). The summed E-state index contributed by atoms with van der Waals surface area (Å²) in [7, 11) is 3.51. The molecule has 2 atom stereocenters. The van der Waals surface area contributed by atoms with Gasteiger partial charge in [0.1, 0.15) is 18.4 Å². The first-order valence-corrected chi connectivity index (χ1v) is 16.7. The Morgan fingerprint density at radius 1 is 0.731 bits per heavy atom. The summed E-state index contributed by atoms with van der Waals surface area (Å²) in [5.41, 5.74) is -5.04. The zero-order valence-corrected chi connectivity index (χ0v) is 31.5. The summed E-state index contributed by atoms with van der Waals surface area (Å²) < 4.78 is 91.4. The van der Waals surface area contributed by atoms with Crippen LogP contribution >= 0.6 is 0 Å². The van der Waals surface area contributed by atoms with E-state index in [2.05, 4.69) is 0 Å². The van der Waals surface area contributed by atoms with Crippen LogP contribution in [0.1, 0.15) is 103 Å². The first kappa shape index (κ1) is 46.1. The number of alkyl halides is 6. The van der Waals surface area contributed by atoms with Crippen molar-refractivity contribution < 1.29 is 50.2 Å². The molecule has 0 aromatic carbocycles. The summed E-state index contributed by atoms with van der Waals surface area (Å²) in [4.78, 5) is 61.9. The molecule has 2 aromatic rings. The molecule has 0 N–H and O–H groups in total. The number of hydrogen-bond acceptors (Lipinski definition) is 8. The number of halogens is 6. The fourth-order valence-corrected chi connectivity index (χ4v) is 5.22. The van der Waals surface area contributed by atoms with Crippen molar-refractivity contribution in [3.63, 3.8) is 0 Å². The van der Waals surface area contributed by atoms with Gasteiger partial charge in [-0.15, -0.1) is 0 Å². The molecule has 2 heterocycles. The molecular formula is C36H51F6N3O7. The quantitative estimate of drug-likeness (QED) is 0.127. The highest BCUT2D eigenvalue weighted by molar-refractivity contribution is 5.75. The SMILES string of the molecule is CCOC(=O)C(CC(C)(C)C)n1cc(CC=O)c(C(F)(F)F)cc1=O.CCOC(=O)C(CC(C)(C)C)n1cc(CCN(C)C)c(C(F)(F)F)cc1=O. The molecule has 0 radical (unpaired) electrons. The molecule has 0 saturated carbocycles. The molecule has 0 aliphatic carbocycles. The Balaban J connectivity index is 0.000000522. The molecule has 294 valence electrons. The number of ether oxygens (including phenoxy) is 2. The third-order valence-corrected chi connectivity index (χ3v) is 7.47. The van der Waals surface area contributed by atoms with Gasteiger partial charge in [0.25, 0.3) is 11.1 Å². The van der Waals surface area contributed by atoms with E-state index in [4.69, 9.17) is 9.47 Å². The fourth-order valence-electron chi connectivity index (χ4n) is 5.22. The Kier molecular flexibility index (Phi) is 16.6. The van der Waals surface area contributed by atoms with E-state index in [0.29, 0.717) is 25.0 Å². The molecular weight excluding hydrogens is 700 g/mol. The molecule has 0 amide bonds. The number of nitrogens with zero attached hydrogens (tertiary/aromatic N) is 3. The third kappa shape index (κ3) is 14.6. The molecule has 0 aliphatic rings. The second kappa shape index (κ2) is 18.7. The molecule has 0 aliphatic heterocycles. The number of aldehydes is 1. The van der Waals surface area contributed by atoms with E-state index >= 15 is 0 Å². The molecule has 10 nitrogen and oxygen atoms in total. The van der Waals surface area contributed by atoms with Gasteiger partial charge in [0.15, 0.2) is 0 Å². The maximum atomic E-state index is 13.4. The summed E-state index contributed by atoms with van der Waals surface area (Å²) >= 11 is 0. The molecule has 0 bridgehead atoms. The van der Waals surface area contributed by atoms with Crippen LogP contribution < -0.4 is 11.1 Å². The number of carbonyl (C=O) groups excluding carboxylic acids is 3. The number of aromatic nitrogens is 2. The van der Waals surface area contributed by atoms with Crippen LogP contribution in [-0.4, -0.2) is 66.1 Å². The maximum Gasteiger partial charge on any atom is 0.416 e. The first-order chi connectivity index (χ1) is 23.7. The minimum atomic E-state index is -4.76. The minimum Gasteiger partial charge on any atom is -0.464 e. The lowest BCUT2D eigenvalue weighted by Crippen LogP contribution is -2.35. The smallest absolute Gasteiger partial charge is 0.416 e. The second-order valence-electron chi connectivity index (χ2n) is 14.9. The normalized spacial score (nSPS) is 13.6. The fraction of sp³-hybridized carbons (Fsp3) is 0.639. The third-order valence-electron chi connectivity index (χ3n) is 7.47. The molecule has 2 unspecified atom stereocenters. The number of carbonyl (C=O) groups is 3. The van der Waals surface area contributed by atoms with Crippen molar-refractivity contribution in [2.45, 2.75) is 106 Å². The maximum absolute atomic E-state index is 13.4.